The van der Waals surface area contributed by atoms with E-state index in [1.807, 2.05) is 0 Å². The van der Waals surface area contributed by atoms with E-state index in [-0.39, 0.29) is 29.5 Å². The second-order valence-electron chi connectivity index (χ2n) is 7.25. The van der Waals surface area contributed by atoms with Crippen molar-refractivity contribution in [2.24, 2.45) is 11.8 Å². The molecule has 2 aliphatic rings. The molecule has 1 aromatic carbocycles. The number of thiazole rings is 1. The molecular weight excluding hydrogens is 381 g/mol. The second-order valence-corrected chi connectivity index (χ2v) is 8.11. The zero-order valence-electron chi connectivity index (χ0n) is 15.4. The molecule has 1 saturated heterocycles. The number of anilines is 1. The van der Waals surface area contributed by atoms with Crippen molar-refractivity contribution in [3.05, 3.63) is 35.5 Å². The van der Waals surface area contributed by atoms with Crippen LogP contribution in [0.15, 0.2) is 29.6 Å². The first-order valence-corrected chi connectivity index (χ1v) is 10.2. The molecule has 1 aliphatic carbocycles. The van der Waals surface area contributed by atoms with E-state index in [2.05, 4.69) is 10.3 Å². The lowest BCUT2D eigenvalue weighted by Gasteiger charge is -2.21. The van der Waals surface area contributed by atoms with Crippen LogP contribution in [0.2, 0.25) is 0 Å². The molecule has 1 saturated carbocycles. The summed E-state index contributed by atoms with van der Waals surface area (Å²) in [6.07, 6.45) is 3.32. The van der Waals surface area contributed by atoms with Gasteiger partial charge in [0.15, 0.2) is 5.13 Å². The van der Waals surface area contributed by atoms with Crippen LogP contribution in [0.1, 0.15) is 32.6 Å². The van der Waals surface area contributed by atoms with E-state index in [0.29, 0.717) is 23.7 Å². The van der Waals surface area contributed by atoms with Crippen molar-refractivity contribution in [1.29, 1.82) is 0 Å². The standard InChI is InChI=1S/C20H20FN3O3S/c1-11(24-18(26)14-4-2-3-5-15(14)19(24)27)17(25)23-20-22-16(10-28-20)12-6-8-13(21)9-7-12/h6-11,14-15H,2-5H2,1H3,(H,22,23,25). The van der Waals surface area contributed by atoms with Crippen LogP contribution >= 0.6 is 11.3 Å². The highest BCUT2D eigenvalue weighted by Crippen LogP contribution is 2.39. The van der Waals surface area contributed by atoms with Crippen molar-refractivity contribution in [3.63, 3.8) is 0 Å². The maximum atomic E-state index is 13.1. The molecule has 28 heavy (non-hydrogen) atoms. The molecule has 0 radical (unpaired) electrons. The van der Waals surface area contributed by atoms with Gasteiger partial charge in [-0.2, -0.15) is 0 Å². The Morgan fingerprint density at radius 1 is 1.18 bits per heavy atom. The first-order valence-electron chi connectivity index (χ1n) is 9.35. The molecule has 1 aliphatic heterocycles. The van der Waals surface area contributed by atoms with E-state index < -0.39 is 11.9 Å². The predicted octanol–water partition coefficient (Wildman–Crippen LogP) is 3.45. The molecular formula is C20H20FN3O3S. The summed E-state index contributed by atoms with van der Waals surface area (Å²) in [5.74, 6) is -1.79. The number of nitrogens with one attached hydrogen (secondary N) is 1. The number of halogens is 1. The molecule has 2 aromatic rings. The first-order chi connectivity index (χ1) is 13.5. The number of rotatable bonds is 4. The lowest BCUT2D eigenvalue weighted by molar-refractivity contribution is -0.146. The number of amides is 3. The molecule has 8 heteroatoms. The topological polar surface area (TPSA) is 79.4 Å². The summed E-state index contributed by atoms with van der Waals surface area (Å²) in [6, 6.07) is 5.03. The summed E-state index contributed by atoms with van der Waals surface area (Å²) < 4.78 is 13.1. The number of imide groups is 1. The van der Waals surface area contributed by atoms with E-state index in [0.717, 1.165) is 23.3 Å². The molecule has 3 amide bonds. The van der Waals surface area contributed by atoms with Gasteiger partial charge in [-0.25, -0.2) is 9.37 Å². The molecule has 146 valence electrons. The van der Waals surface area contributed by atoms with Gasteiger partial charge < -0.3 is 5.32 Å². The Kier molecular flexibility index (Phi) is 4.97. The van der Waals surface area contributed by atoms with E-state index in [1.54, 1.807) is 24.4 Å². The quantitative estimate of drug-likeness (QED) is 0.796. The van der Waals surface area contributed by atoms with Crippen LogP contribution in [0.25, 0.3) is 11.3 Å². The maximum absolute atomic E-state index is 13.1. The third-order valence-corrected chi connectivity index (χ3v) is 6.27. The molecule has 3 unspecified atom stereocenters. The van der Waals surface area contributed by atoms with E-state index in [9.17, 15) is 18.8 Å². The average Bonchev–Trinajstić information content (AvgIpc) is 3.25. The lowest BCUT2D eigenvalue weighted by atomic mass is 9.81. The van der Waals surface area contributed by atoms with Gasteiger partial charge in [-0.05, 0) is 44.0 Å². The zero-order chi connectivity index (χ0) is 19.8. The van der Waals surface area contributed by atoms with Gasteiger partial charge in [0.2, 0.25) is 17.7 Å². The van der Waals surface area contributed by atoms with Crippen molar-refractivity contribution in [3.8, 4) is 11.3 Å². The molecule has 0 spiro atoms. The Labute approximate surface area is 165 Å². The average molecular weight is 401 g/mol. The summed E-state index contributed by atoms with van der Waals surface area (Å²) in [5, 5.41) is 4.82. The largest absolute Gasteiger partial charge is 0.300 e. The lowest BCUT2D eigenvalue weighted by Crippen LogP contribution is -2.46. The van der Waals surface area contributed by atoms with Crippen molar-refractivity contribution in [2.45, 2.75) is 38.6 Å². The SMILES string of the molecule is CC(C(=O)Nc1nc(-c2ccc(F)cc2)cs1)N1C(=O)C2CCCCC2C1=O. The first kappa shape index (κ1) is 18.7. The molecule has 2 heterocycles. The zero-order valence-corrected chi connectivity index (χ0v) is 16.2. The van der Waals surface area contributed by atoms with Gasteiger partial charge >= 0.3 is 0 Å². The predicted molar refractivity (Wildman–Crippen MR) is 103 cm³/mol. The minimum absolute atomic E-state index is 0.233. The van der Waals surface area contributed by atoms with Gasteiger partial charge in [0.25, 0.3) is 0 Å². The minimum Gasteiger partial charge on any atom is -0.300 e. The minimum atomic E-state index is -0.885. The monoisotopic (exact) mass is 401 g/mol. The Morgan fingerprint density at radius 2 is 1.79 bits per heavy atom. The van der Waals surface area contributed by atoms with Crippen molar-refractivity contribution in [1.82, 2.24) is 9.88 Å². The highest BCUT2D eigenvalue weighted by molar-refractivity contribution is 7.14. The van der Waals surface area contributed by atoms with Gasteiger partial charge in [0, 0.05) is 10.9 Å². The summed E-state index contributed by atoms with van der Waals surface area (Å²) in [6.45, 7) is 1.57. The van der Waals surface area contributed by atoms with Crippen LogP contribution in [0, 0.1) is 17.7 Å². The third-order valence-electron chi connectivity index (χ3n) is 5.52. The van der Waals surface area contributed by atoms with Crippen molar-refractivity contribution >= 4 is 34.2 Å². The summed E-state index contributed by atoms with van der Waals surface area (Å²) in [7, 11) is 0. The number of hydrogen-bond donors (Lipinski definition) is 1. The van der Waals surface area contributed by atoms with Gasteiger partial charge in [-0.3, -0.25) is 19.3 Å². The fraction of sp³-hybridized carbons (Fsp3) is 0.400. The van der Waals surface area contributed by atoms with E-state index in [1.165, 1.54) is 23.5 Å². The van der Waals surface area contributed by atoms with E-state index in [4.69, 9.17) is 0 Å². The van der Waals surface area contributed by atoms with Crippen LogP contribution in [0.5, 0.6) is 0 Å². The molecule has 4 rings (SSSR count). The smallest absolute Gasteiger partial charge is 0.249 e. The van der Waals surface area contributed by atoms with E-state index >= 15 is 0 Å². The Hall–Kier alpha value is -2.61. The number of carbonyl (C=O) groups excluding carboxylic acids is 3. The number of fused-ring (bicyclic) bond motifs is 1. The van der Waals surface area contributed by atoms with Crippen LogP contribution in [-0.4, -0.2) is 33.6 Å². The highest BCUT2D eigenvalue weighted by atomic mass is 32.1. The summed E-state index contributed by atoms with van der Waals surface area (Å²) in [5.41, 5.74) is 1.35. The normalized spacial score (nSPS) is 22.9. The van der Waals surface area contributed by atoms with Crippen molar-refractivity contribution in [2.75, 3.05) is 5.32 Å². The molecule has 0 bridgehead atoms. The Morgan fingerprint density at radius 3 is 2.39 bits per heavy atom. The molecule has 3 atom stereocenters. The highest BCUT2D eigenvalue weighted by Gasteiger charge is 2.50. The molecule has 6 nitrogen and oxygen atoms in total. The third kappa shape index (κ3) is 3.32. The van der Waals surface area contributed by atoms with Crippen LogP contribution in [0.4, 0.5) is 9.52 Å². The Bertz CT molecular complexity index is 903. The summed E-state index contributed by atoms with van der Waals surface area (Å²) >= 11 is 1.23. The number of carbonyl (C=O) groups is 3. The molecule has 1 N–H and O–H groups in total. The van der Waals surface area contributed by atoms with Crippen LogP contribution in [-0.2, 0) is 14.4 Å². The Balaban J connectivity index is 1.46. The number of aromatic nitrogens is 1. The molecule has 1 aromatic heterocycles. The second kappa shape index (κ2) is 7.43. The van der Waals surface area contributed by atoms with Gasteiger partial charge in [-0.1, -0.05) is 12.8 Å². The van der Waals surface area contributed by atoms with Gasteiger partial charge in [0.1, 0.15) is 11.9 Å². The summed E-state index contributed by atoms with van der Waals surface area (Å²) in [4.78, 5) is 43.4. The number of benzene rings is 1. The number of likely N-dealkylation sites (tertiary alicyclic amines) is 1. The van der Waals surface area contributed by atoms with Gasteiger partial charge in [0.05, 0.1) is 17.5 Å². The van der Waals surface area contributed by atoms with Crippen LogP contribution < -0.4 is 5.32 Å². The number of hydrogen-bond acceptors (Lipinski definition) is 5. The van der Waals surface area contributed by atoms with Crippen molar-refractivity contribution < 1.29 is 18.8 Å². The fourth-order valence-corrected chi connectivity index (χ4v) is 4.70. The van der Waals surface area contributed by atoms with Crippen LogP contribution in [0.3, 0.4) is 0 Å². The van der Waals surface area contributed by atoms with Gasteiger partial charge in [-0.15, -0.1) is 11.3 Å². The number of nitrogens with zero attached hydrogens (tertiary/aromatic N) is 2. The fourth-order valence-electron chi connectivity index (χ4n) is 3.98. The molecule has 2 fully saturated rings. The maximum Gasteiger partial charge on any atom is 0.249 e.